The third kappa shape index (κ3) is 2.57. The molecule has 0 spiro atoms. The SMILES string of the molecule is CN(C)CC1(O)CCN(c2ccc3nccnc3n2)C1. The van der Waals surface area contributed by atoms with Crippen molar-refractivity contribution >= 4 is 17.0 Å². The molecule has 1 fully saturated rings. The van der Waals surface area contributed by atoms with E-state index in [4.69, 9.17) is 0 Å². The summed E-state index contributed by atoms with van der Waals surface area (Å²) in [4.78, 5) is 17.1. The van der Waals surface area contributed by atoms with Crippen LogP contribution in [0.4, 0.5) is 5.82 Å². The van der Waals surface area contributed by atoms with E-state index in [-0.39, 0.29) is 0 Å². The Hall–Kier alpha value is -1.79. The van der Waals surface area contributed by atoms with E-state index in [1.165, 1.54) is 0 Å². The number of likely N-dealkylation sites (N-methyl/N-ethyl adjacent to an activating group) is 1. The first kappa shape index (κ1) is 13.2. The Morgan fingerprint density at radius 3 is 2.90 bits per heavy atom. The van der Waals surface area contributed by atoms with Gasteiger partial charge in [0.25, 0.3) is 0 Å². The van der Waals surface area contributed by atoms with E-state index in [9.17, 15) is 5.11 Å². The second-order valence-electron chi connectivity index (χ2n) is 5.70. The van der Waals surface area contributed by atoms with E-state index in [0.717, 1.165) is 24.3 Å². The van der Waals surface area contributed by atoms with Gasteiger partial charge in [0, 0.05) is 32.0 Å². The number of hydrogen-bond donors (Lipinski definition) is 1. The maximum Gasteiger partial charge on any atom is 0.180 e. The minimum Gasteiger partial charge on any atom is -0.387 e. The van der Waals surface area contributed by atoms with Crippen LogP contribution in [0.3, 0.4) is 0 Å². The summed E-state index contributed by atoms with van der Waals surface area (Å²) in [5.41, 5.74) is 0.773. The number of β-amino-alcohol motifs (C(OH)–C–C–N with tert-alkyl or cyclic N) is 1. The zero-order chi connectivity index (χ0) is 14.2. The molecule has 106 valence electrons. The van der Waals surface area contributed by atoms with Gasteiger partial charge in [0.05, 0.1) is 5.60 Å². The highest BCUT2D eigenvalue weighted by molar-refractivity contribution is 5.71. The normalized spacial score (nSPS) is 22.9. The number of nitrogens with zero attached hydrogens (tertiary/aromatic N) is 5. The number of hydrogen-bond acceptors (Lipinski definition) is 6. The van der Waals surface area contributed by atoms with Crippen molar-refractivity contribution in [2.24, 2.45) is 0 Å². The van der Waals surface area contributed by atoms with Crippen LogP contribution in [-0.4, -0.2) is 64.3 Å². The van der Waals surface area contributed by atoms with Crippen LogP contribution in [0.1, 0.15) is 6.42 Å². The van der Waals surface area contributed by atoms with Gasteiger partial charge in [0.1, 0.15) is 11.3 Å². The maximum absolute atomic E-state index is 10.6. The number of aromatic nitrogens is 3. The summed E-state index contributed by atoms with van der Waals surface area (Å²) in [6.07, 6.45) is 4.06. The Bertz CT molecular complexity index is 617. The van der Waals surface area contributed by atoms with Crippen LogP contribution >= 0.6 is 0 Å². The van der Waals surface area contributed by atoms with Gasteiger partial charge in [-0.25, -0.2) is 9.97 Å². The van der Waals surface area contributed by atoms with Crippen molar-refractivity contribution in [3.63, 3.8) is 0 Å². The first-order chi connectivity index (χ1) is 9.56. The molecule has 1 unspecified atom stereocenters. The molecule has 0 aromatic carbocycles. The van der Waals surface area contributed by atoms with Gasteiger partial charge in [-0.1, -0.05) is 0 Å². The van der Waals surface area contributed by atoms with Gasteiger partial charge in [-0.05, 0) is 32.6 Å². The fraction of sp³-hybridized carbons (Fsp3) is 0.500. The Morgan fingerprint density at radius 2 is 2.10 bits per heavy atom. The smallest absolute Gasteiger partial charge is 0.180 e. The standard InChI is InChI=1S/C14H19N5O/c1-18(2)9-14(20)5-8-19(10-14)12-4-3-11-13(17-12)16-7-6-15-11/h3-4,6-7,20H,5,8-10H2,1-2H3. The van der Waals surface area contributed by atoms with Crippen LogP contribution in [0.2, 0.25) is 0 Å². The monoisotopic (exact) mass is 273 g/mol. The molecular formula is C14H19N5O. The lowest BCUT2D eigenvalue weighted by atomic mass is 10.0. The summed E-state index contributed by atoms with van der Waals surface area (Å²) in [6, 6.07) is 3.87. The maximum atomic E-state index is 10.6. The summed E-state index contributed by atoms with van der Waals surface area (Å²) < 4.78 is 0. The second kappa shape index (κ2) is 4.96. The van der Waals surface area contributed by atoms with Crippen LogP contribution in [0.15, 0.2) is 24.5 Å². The molecule has 2 aromatic rings. The molecule has 6 nitrogen and oxygen atoms in total. The van der Waals surface area contributed by atoms with Gasteiger partial charge in [0.15, 0.2) is 5.65 Å². The molecule has 0 amide bonds. The van der Waals surface area contributed by atoms with Crippen molar-refractivity contribution in [1.29, 1.82) is 0 Å². The average Bonchev–Trinajstić information content (AvgIpc) is 2.79. The molecule has 1 N–H and O–H groups in total. The molecule has 6 heteroatoms. The van der Waals surface area contributed by atoms with Gasteiger partial charge in [0.2, 0.25) is 0 Å². The molecule has 2 aromatic heterocycles. The fourth-order valence-corrected chi connectivity index (χ4v) is 2.79. The Balaban J connectivity index is 1.82. The van der Waals surface area contributed by atoms with E-state index in [2.05, 4.69) is 19.9 Å². The predicted octanol–water partition coefficient (Wildman–Crippen LogP) is 0.528. The summed E-state index contributed by atoms with van der Waals surface area (Å²) in [6.45, 7) is 2.07. The van der Waals surface area contributed by atoms with Crippen molar-refractivity contribution in [1.82, 2.24) is 19.9 Å². The van der Waals surface area contributed by atoms with E-state index < -0.39 is 5.60 Å². The van der Waals surface area contributed by atoms with Crippen molar-refractivity contribution in [2.75, 3.05) is 38.6 Å². The molecule has 0 aliphatic carbocycles. The zero-order valence-corrected chi connectivity index (χ0v) is 11.8. The Labute approximate surface area is 118 Å². The lowest BCUT2D eigenvalue weighted by Gasteiger charge is -2.26. The minimum atomic E-state index is -0.664. The third-order valence-electron chi connectivity index (χ3n) is 3.58. The highest BCUT2D eigenvalue weighted by Crippen LogP contribution is 2.26. The topological polar surface area (TPSA) is 65.4 Å². The van der Waals surface area contributed by atoms with Gasteiger partial charge >= 0.3 is 0 Å². The van der Waals surface area contributed by atoms with Crippen molar-refractivity contribution in [2.45, 2.75) is 12.0 Å². The lowest BCUT2D eigenvalue weighted by Crippen LogP contribution is -2.42. The number of rotatable bonds is 3. The fourth-order valence-electron chi connectivity index (χ4n) is 2.79. The van der Waals surface area contributed by atoms with E-state index in [0.29, 0.717) is 18.7 Å². The minimum absolute atomic E-state index is 0.601. The van der Waals surface area contributed by atoms with Crippen LogP contribution in [-0.2, 0) is 0 Å². The molecule has 20 heavy (non-hydrogen) atoms. The quantitative estimate of drug-likeness (QED) is 0.880. The average molecular weight is 273 g/mol. The van der Waals surface area contributed by atoms with E-state index >= 15 is 0 Å². The Kier molecular flexibility index (Phi) is 3.27. The lowest BCUT2D eigenvalue weighted by molar-refractivity contribution is 0.0365. The molecule has 1 aliphatic rings. The molecule has 3 heterocycles. The Morgan fingerprint density at radius 1 is 1.30 bits per heavy atom. The molecule has 0 radical (unpaired) electrons. The number of fused-ring (bicyclic) bond motifs is 1. The van der Waals surface area contributed by atoms with Crippen LogP contribution < -0.4 is 4.90 Å². The zero-order valence-electron chi connectivity index (χ0n) is 11.8. The molecule has 1 aliphatic heterocycles. The number of pyridine rings is 1. The van der Waals surface area contributed by atoms with Gasteiger partial charge in [-0.2, -0.15) is 0 Å². The molecule has 3 rings (SSSR count). The van der Waals surface area contributed by atoms with Crippen molar-refractivity contribution in [3.8, 4) is 0 Å². The van der Waals surface area contributed by atoms with E-state index in [1.54, 1.807) is 12.4 Å². The summed E-state index contributed by atoms with van der Waals surface area (Å²) in [5.74, 6) is 0.854. The van der Waals surface area contributed by atoms with Crippen LogP contribution in [0.25, 0.3) is 11.2 Å². The van der Waals surface area contributed by atoms with Gasteiger partial charge in [-0.15, -0.1) is 0 Å². The molecule has 1 saturated heterocycles. The molecule has 0 saturated carbocycles. The van der Waals surface area contributed by atoms with Crippen LogP contribution in [0.5, 0.6) is 0 Å². The summed E-state index contributed by atoms with van der Waals surface area (Å²) >= 11 is 0. The second-order valence-corrected chi connectivity index (χ2v) is 5.70. The van der Waals surface area contributed by atoms with E-state index in [1.807, 2.05) is 31.1 Å². The van der Waals surface area contributed by atoms with Crippen molar-refractivity contribution < 1.29 is 5.11 Å². The number of anilines is 1. The summed E-state index contributed by atoms with van der Waals surface area (Å²) in [5, 5.41) is 10.6. The predicted molar refractivity (Wildman–Crippen MR) is 77.7 cm³/mol. The highest BCUT2D eigenvalue weighted by Gasteiger charge is 2.37. The third-order valence-corrected chi connectivity index (χ3v) is 3.58. The first-order valence-corrected chi connectivity index (χ1v) is 6.76. The molecule has 0 bridgehead atoms. The van der Waals surface area contributed by atoms with Gasteiger partial charge in [-0.3, -0.25) is 4.98 Å². The first-order valence-electron chi connectivity index (χ1n) is 6.76. The number of aliphatic hydroxyl groups is 1. The highest BCUT2D eigenvalue weighted by atomic mass is 16.3. The summed E-state index contributed by atoms with van der Waals surface area (Å²) in [7, 11) is 3.95. The molecule has 1 atom stereocenters. The van der Waals surface area contributed by atoms with Crippen LogP contribution in [0, 0.1) is 0 Å². The van der Waals surface area contributed by atoms with Crippen molar-refractivity contribution in [3.05, 3.63) is 24.5 Å². The van der Waals surface area contributed by atoms with Gasteiger partial charge < -0.3 is 14.9 Å². The largest absolute Gasteiger partial charge is 0.387 e. The molecular weight excluding hydrogens is 254 g/mol.